The van der Waals surface area contributed by atoms with Crippen LogP contribution in [0.2, 0.25) is 0 Å². The van der Waals surface area contributed by atoms with Crippen molar-refractivity contribution in [1.82, 2.24) is 4.98 Å². The minimum atomic E-state index is 0.865. The summed E-state index contributed by atoms with van der Waals surface area (Å²) in [5.41, 5.74) is 3.68. The van der Waals surface area contributed by atoms with E-state index in [1.165, 1.54) is 11.3 Å². The fourth-order valence-electron chi connectivity index (χ4n) is 1.95. The Morgan fingerprint density at radius 3 is 2.74 bits per heavy atom. The Morgan fingerprint density at radius 2 is 2.05 bits per heavy atom. The van der Waals surface area contributed by atoms with E-state index in [0.29, 0.717) is 0 Å². The molecule has 0 aliphatic carbocycles. The molecule has 0 spiro atoms. The van der Waals surface area contributed by atoms with Gasteiger partial charge in [-0.3, -0.25) is 4.98 Å². The summed E-state index contributed by atoms with van der Waals surface area (Å²) in [6.07, 6.45) is 2.80. The molecule has 0 saturated heterocycles. The predicted molar refractivity (Wildman–Crippen MR) is 88.0 cm³/mol. The number of pyridine rings is 1. The second-order valence-corrected chi connectivity index (χ2v) is 5.88. The van der Waals surface area contributed by atoms with Crippen LogP contribution in [-0.2, 0) is 11.8 Å². The molecular formula is C15H16Br2N2. The summed E-state index contributed by atoms with van der Waals surface area (Å²) in [5.74, 6) is 0. The smallest absolute Gasteiger partial charge is 0.0421 e. The second-order valence-electron chi connectivity index (χ2n) is 4.40. The van der Waals surface area contributed by atoms with Crippen LogP contribution in [0.5, 0.6) is 0 Å². The summed E-state index contributed by atoms with van der Waals surface area (Å²) in [4.78, 5) is 6.63. The summed E-state index contributed by atoms with van der Waals surface area (Å²) < 4.78 is 1.11. The third kappa shape index (κ3) is 4.05. The van der Waals surface area contributed by atoms with E-state index in [0.717, 1.165) is 28.5 Å². The van der Waals surface area contributed by atoms with Crippen LogP contribution in [-0.4, -0.2) is 18.6 Å². The van der Waals surface area contributed by atoms with E-state index in [1.54, 1.807) is 0 Å². The van der Waals surface area contributed by atoms with Crippen molar-refractivity contribution in [2.24, 2.45) is 0 Å². The molecule has 0 fully saturated rings. The molecule has 0 amide bonds. The second kappa shape index (κ2) is 7.06. The van der Waals surface area contributed by atoms with Gasteiger partial charge in [0, 0.05) is 47.4 Å². The highest BCUT2D eigenvalue weighted by atomic mass is 79.9. The number of likely N-dealkylation sites (N-methyl/N-ethyl adjacent to an activating group) is 1. The molecule has 100 valence electrons. The lowest BCUT2D eigenvalue weighted by Gasteiger charge is -2.22. The number of rotatable bonds is 5. The first kappa shape index (κ1) is 14.5. The first-order valence-electron chi connectivity index (χ1n) is 6.16. The highest BCUT2D eigenvalue weighted by Crippen LogP contribution is 2.26. The number of nitrogens with zero attached hydrogens (tertiary/aromatic N) is 2. The maximum Gasteiger partial charge on any atom is 0.0421 e. The van der Waals surface area contributed by atoms with E-state index in [4.69, 9.17) is 0 Å². The number of halogens is 2. The van der Waals surface area contributed by atoms with E-state index in [-0.39, 0.29) is 0 Å². The largest absolute Gasteiger partial charge is 0.374 e. The summed E-state index contributed by atoms with van der Waals surface area (Å²) in [6, 6.07) is 12.4. The van der Waals surface area contributed by atoms with Gasteiger partial charge in [-0.1, -0.05) is 44.0 Å². The van der Waals surface area contributed by atoms with Gasteiger partial charge in [0.2, 0.25) is 0 Å². The van der Waals surface area contributed by atoms with Gasteiger partial charge in [-0.05, 0) is 29.8 Å². The topological polar surface area (TPSA) is 16.1 Å². The van der Waals surface area contributed by atoms with Crippen molar-refractivity contribution < 1.29 is 0 Å². The SMILES string of the molecule is CN(CCc1ccccn1)c1cc(Br)ccc1CBr. The van der Waals surface area contributed by atoms with E-state index in [2.05, 4.69) is 73.1 Å². The first-order valence-corrected chi connectivity index (χ1v) is 8.07. The molecule has 0 bridgehead atoms. The molecule has 2 rings (SSSR count). The van der Waals surface area contributed by atoms with Gasteiger partial charge in [-0.15, -0.1) is 0 Å². The molecule has 19 heavy (non-hydrogen) atoms. The maximum atomic E-state index is 4.36. The molecule has 0 atom stereocenters. The zero-order chi connectivity index (χ0) is 13.7. The summed E-state index contributed by atoms with van der Waals surface area (Å²) >= 11 is 7.08. The lowest BCUT2D eigenvalue weighted by molar-refractivity contribution is 0.849. The fraction of sp³-hybridized carbons (Fsp3) is 0.267. The minimum Gasteiger partial charge on any atom is -0.374 e. The normalized spacial score (nSPS) is 10.5. The van der Waals surface area contributed by atoms with E-state index < -0.39 is 0 Å². The van der Waals surface area contributed by atoms with Crippen LogP contribution in [0.1, 0.15) is 11.3 Å². The van der Waals surface area contributed by atoms with Gasteiger partial charge < -0.3 is 4.90 Å². The molecule has 2 nitrogen and oxygen atoms in total. The van der Waals surface area contributed by atoms with Crippen molar-refractivity contribution in [3.8, 4) is 0 Å². The molecule has 0 aliphatic rings. The van der Waals surface area contributed by atoms with E-state index in [9.17, 15) is 0 Å². The predicted octanol–water partition coefficient (Wildman–Crippen LogP) is 4.42. The van der Waals surface area contributed by atoms with Gasteiger partial charge in [0.15, 0.2) is 0 Å². The van der Waals surface area contributed by atoms with Gasteiger partial charge in [0.25, 0.3) is 0 Å². The summed E-state index contributed by atoms with van der Waals surface area (Å²) in [7, 11) is 2.12. The fourth-order valence-corrected chi connectivity index (χ4v) is 2.78. The minimum absolute atomic E-state index is 0.865. The van der Waals surface area contributed by atoms with Crippen molar-refractivity contribution in [3.63, 3.8) is 0 Å². The van der Waals surface area contributed by atoms with Gasteiger partial charge in [-0.2, -0.15) is 0 Å². The number of aromatic nitrogens is 1. The molecular weight excluding hydrogens is 368 g/mol. The van der Waals surface area contributed by atoms with Crippen molar-refractivity contribution in [1.29, 1.82) is 0 Å². The van der Waals surface area contributed by atoms with Crippen LogP contribution in [0, 0.1) is 0 Å². The number of hydrogen-bond donors (Lipinski definition) is 0. The van der Waals surface area contributed by atoms with Gasteiger partial charge >= 0.3 is 0 Å². The Kier molecular flexibility index (Phi) is 5.40. The zero-order valence-corrected chi connectivity index (χ0v) is 14.0. The quantitative estimate of drug-likeness (QED) is 0.710. The monoisotopic (exact) mass is 382 g/mol. The van der Waals surface area contributed by atoms with E-state index >= 15 is 0 Å². The highest BCUT2D eigenvalue weighted by Gasteiger charge is 2.08. The van der Waals surface area contributed by atoms with Crippen LogP contribution in [0.25, 0.3) is 0 Å². The average Bonchev–Trinajstić information content (AvgIpc) is 2.46. The average molecular weight is 384 g/mol. The van der Waals surface area contributed by atoms with Crippen LogP contribution in [0.3, 0.4) is 0 Å². The van der Waals surface area contributed by atoms with Crippen LogP contribution < -0.4 is 4.90 Å². The standard InChI is InChI=1S/C15H16Br2N2/c1-19(9-7-14-4-2-3-8-18-14)15-10-13(17)6-5-12(15)11-16/h2-6,8,10H,7,9,11H2,1H3. The van der Waals surface area contributed by atoms with Crippen LogP contribution >= 0.6 is 31.9 Å². The van der Waals surface area contributed by atoms with E-state index in [1.807, 2.05) is 18.3 Å². The van der Waals surface area contributed by atoms with Gasteiger partial charge in [0.1, 0.15) is 0 Å². The van der Waals surface area contributed by atoms with Crippen molar-refractivity contribution >= 4 is 37.5 Å². The third-order valence-corrected chi connectivity index (χ3v) is 4.13. The molecule has 1 aromatic carbocycles. The van der Waals surface area contributed by atoms with Crippen LogP contribution in [0.15, 0.2) is 47.1 Å². The Labute approximate surface area is 131 Å². The molecule has 4 heteroatoms. The molecule has 2 aromatic rings. The number of alkyl halides is 1. The Bertz CT molecular complexity index is 529. The van der Waals surface area contributed by atoms with Crippen LogP contribution in [0.4, 0.5) is 5.69 Å². The highest BCUT2D eigenvalue weighted by molar-refractivity contribution is 9.10. The van der Waals surface area contributed by atoms with Gasteiger partial charge in [-0.25, -0.2) is 0 Å². The Balaban J connectivity index is 2.07. The van der Waals surface area contributed by atoms with Crippen molar-refractivity contribution in [2.45, 2.75) is 11.8 Å². The zero-order valence-electron chi connectivity index (χ0n) is 10.8. The van der Waals surface area contributed by atoms with Crippen molar-refractivity contribution in [3.05, 3.63) is 58.3 Å². The molecule has 1 heterocycles. The Hall–Kier alpha value is -0.870. The number of benzene rings is 1. The third-order valence-electron chi connectivity index (χ3n) is 3.03. The lowest BCUT2D eigenvalue weighted by atomic mass is 10.1. The number of anilines is 1. The number of hydrogen-bond acceptors (Lipinski definition) is 2. The van der Waals surface area contributed by atoms with Gasteiger partial charge in [0.05, 0.1) is 0 Å². The molecule has 0 unspecified atom stereocenters. The first-order chi connectivity index (χ1) is 9.20. The molecule has 0 N–H and O–H groups in total. The summed E-state index contributed by atoms with van der Waals surface area (Å²) in [6.45, 7) is 0.952. The lowest BCUT2D eigenvalue weighted by Crippen LogP contribution is -2.21. The Morgan fingerprint density at radius 1 is 1.21 bits per heavy atom. The molecule has 1 aromatic heterocycles. The molecule has 0 aliphatic heterocycles. The molecule has 0 radical (unpaired) electrons. The maximum absolute atomic E-state index is 4.36. The molecule has 0 saturated carbocycles. The summed E-state index contributed by atoms with van der Waals surface area (Å²) in [5, 5.41) is 0.865. The van der Waals surface area contributed by atoms with Crippen molar-refractivity contribution in [2.75, 3.05) is 18.5 Å².